The normalized spacial score (nSPS) is 11.4. The lowest BCUT2D eigenvalue weighted by atomic mass is 10.0. The van der Waals surface area contributed by atoms with Crippen molar-refractivity contribution in [1.29, 1.82) is 0 Å². The van der Waals surface area contributed by atoms with Crippen LogP contribution in [0.1, 0.15) is 44.1 Å². The summed E-state index contributed by atoms with van der Waals surface area (Å²) >= 11 is 0. The number of aryl methyl sites for hydroxylation is 1. The first-order valence-corrected chi connectivity index (χ1v) is 8.43. The monoisotopic (exact) mass is 439 g/mol. The highest BCUT2D eigenvalue weighted by molar-refractivity contribution is 5.77. The number of halogens is 1. The summed E-state index contributed by atoms with van der Waals surface area (Å²) in [5.41, 5.74) is 1.01. The van der Waals surface area contributed by atoms with E-state index in [1.165, 1.54) is 0 Å². The van der Waals surface area contributed by atoms with Gasteiger partial charge >= 0.3 is 5.97 Å². The number of unbranched alkanes of at least 4 members (excludes halogenated alkanes) is 3. The molecule has 0 fully saturated rings. The number of carbonyl (C=O) groups is 1. The number of hydrogen-bond acceptors (Lipinski definition) is 2. The van der Waals surface area contributed by atoms with Crippen molar-refractivity contribution in [3.63, 3.8) is 0 Å². The highest BCUT2D eigenvalue weighted by atomic mass is 127. The number of rotatable bonds is 9. The average Bonchev–Trinajstić information content (AvgIpc) is 2.61. The van der Waals surface area contributed by atoms with E-state index in [2.05, 4.69) is 17.0 Å². The molecular formula is C20H26INO2. The second-order valence-electron chi connectivity index (χ2n) is 5.83. The zero-order chi connectivity index (χ0) is 16.3. The maximum atomic E-state index is 12.0. The van der Waals surface area contributed by atoms with E-state index < -0.39 is 0 Å². The fourth-order valence-corrected chi connectivity index (χ4v) is 2.51. The maximum Gasteiger partial charge on any atom is 0.313 e. The number of nitrogens with zero attached hydrogens (tertiary/aromatic N) is 1. The van der Waals surface area contributed by atoms with E-state index in [-0.39, 0.29) is 35.9 Å². The van der Waals surface area contributed by atoms with Gasteiger partial charge in [0.15, 0.2) is 12.4 Å². The third kappa shape index (κ3) is 7.43. The van der Waals surface area contributed by atoms with Gasteiger partial charge in [0, 0.05) is 18.6 Å². The molecule has 0 radical (unpaired) electrons. The van der Waals surface area contributed by atoms with Gasteiger partial charge in [0.05, 0.1) is 12.5 Å². The molecule has 1 aromatic carbocycles. The molecule has 1 heterocycles. The zero-order valence-corrected chi connectivity index (χ0v) is 16.4. The Morgan fingerprint density at radius 1 is 0.958 bits per heavy atom. The van der Waals surface area contributed by atoms with E-state index in [0.717, 1.165) is 37.8 Å². The molecule has 1 atom stereocenters. The van der Waals surface area contributed by atoms with Crippen LogP contribution in [0, 0.1) is 0 Å². The Hall–Kier alpha value is -1.43. The van der Waals surface area contributed by atoms with Crippen molar-refractivity contribution in [1.82, 2.24) is 0 Å². The van der Waals surface area contributed by atoms with Crippen LogP contribution in [-0.4, -0.2) is 12.6 Å². The largest absolute Gasteiger partial charge is 1.00 e. The van der Waals surface area contributed by atoms with Gasteiger partial charge in [-0.1, -0.05) is 36.4 Å². The standard InChI is InChI=1S/C20H26NO2.HI/c1-18(19-12-6-4-7-13-19)20(22)23-17-11-3-2-8-14-21-15-9-5-10-16-21;/h4-7,9-10,12-13,15-16,18H,2-3,8,11,14,17H2,1H3;1H/q+1;/p-1/t18-;/m1./s1. The van der Waals surface area contributed by atoms with E-state index in [4.69, 9.17) is 4.74 Å². The van der Waals surface area contributed by atoms with E-state index in [0.29, 0.717) is 6.61 Å². The number of aromatic nitrogens is 1. The molecule has 4 heteroatoms. The fourth-order valence-electron chi connectivity index (χ4n) is 2.51. The van der Waals surface area contributed by atoms with Crippen molar-refractivity contribution in [2.24, 2.45) is 0 Å². The highest BCUT2D eigenvalue weighted by Crippen LogP contribution is 2.16. The summed E-state index contributed by atoms with van der Waals surface area (Å²) in [5.74, 6) is -0.318. The number of benzene rings is 1. The summed E-state index contributed by atoms with van der Waals surface area (Å²) in [4.78, 5) is 12.0. The summed E-state index contributed by atoms with van der Waals surface area (Å²) in [6.07, 6.45) is 8.53. The molecule has 0 bridgehead atoms. The van der Waals surface area contributed by atoms with Crippen LogP contribution in [0.2, 0.25) is 0 Å². The van der Waals surface area contributed by atoms with Gasteiger partial charge in [0.25, 0.3) is 0 Å². The van der Waals surface area contributed by atoms with Gasteiger partial charge in [-0.05, 0) is 31.7 Å². The van der Waals surface area contributed by atoms with Crippen molar-refractivity contribution >= 4 is 5.97 Å². The second kappa shape index (κ2) is 12.0. The maximum absolute atomic E-state index is 12.0. The molecule has 0 amide bonds. The van der Waals surface area contributed by atoms with Crippen molar-refractivity contribution < 1.29 is 38.1 Å². The van der Waals surface area contributed by atoms with Crippen molar-refractivity contribution in [2.45, 2.75) is 45.1 Å². The Morgan fingerprint density at radius 2 is 1.58 bits per heavy atom. The average molecular weight is 439 g/mol. The van der Waals surface area contributed by atoms with Crippen LogP contribution in [0.3, 0.4) is 0 Å². The van der Waals surface area contributed by atoms with Gasteiger partial charge in [-0.15, -0.1) is 0 Å². The minimum absolute atomic E-state index is 0. The van der Waals surface area contributed by atoms with Crippen LogP contribution in [0.25, 0.3) is 0 Å². The molecular weight excluding hydrogens is 413 g/mol. The molecule has 2 aromatic rings. The smallest absolute Gasteiger partial charge is 0.313 e. The Morgan fingerprint density at radius 3 is 2.29 bits per heavy atom. The molecule has 24 heavy (non-hydrogen) atoms. The minimum atomic E-state index is -0.189. The first-order chi connectivity index (χ1) is 11.3. The Kier molecular flexibility index (Phi) is 10.3. The van der Waals surface area contributed by atoms with Crippen LogP contribution in [0.4, 0.5) is 0 Å². The molecule has 0 aliphatic carbocycles. The first kappa shape index (κ1) is 20.6. The van der Waals surface area contributed by atoms with Gasteiger partial charge in [-0.25, -0.2) is 4.57 Å². The lowest BCUT2D eigenvalue weighted by molar-refractivity contribution is -0.697. The molecule has 130 valence electrons. The van der Waals surface area contributed by atoms with E-state index in [1.54, 1.807) is 0 Å². The molecule has 0 spiro atoms. The summed E-state index contributed by atoms with van der Waals surface area (Å²) in [5, 5.41) is 0. The molecule has 0 unspecified atom stereocenters. The van der Waals surface area contributed by atoms with Crippen LogP contribution in [0.15, 0.2) is 60.9 Å². The number of esters is 1. The zero-order valence-electron chi connectivity index (χ0n) is 14.2. The van der Waals surface area contributed by atoms with Gasteiger partial charge in [0.1, 0.15) is 6.54 Å². The first-order valence-electron chi connectivity index (χ1n) is 8.43. The van der Waals surface area contributed by atoms with Gasteiger partial charge < -0.3 is 28.7 Å². The summed E-state index contributed by atoms with van der Waals surface area (Å²) in [7, 11) is 0. The molecule has 0 N–H and O–H groups in total. The molecule has 0 aliphatic rings. The highest BCUT2D eigenvalue weighted by Gasteiger charge is 2.15. The number of hydrogen-bond donors (Lipinski definition) is 0. The molecule has 2 rings (SSSR count). The summed E-state index contributed by atoms with van der Waals surface area (Å²) in [6.45, 7) is 3.47. The van der Waals surface area contributed by atoms with Crippen molar-refractivity contribution in [3.05, 3.63) is 66.5 Å². The van der Waals surface area contributed by atoms with Crippen LogP contribution in [-0.2, 0) is 16.1 Å². The molecule has 1 aromatic heterocycles. The Balaban J connectivity index is 0.00000288. The third-order valence-electron chi connectivity index (χ3n) is 3.99. The fraction of sp³-hybridized carbons (Fsp3) is 0.400. The molecule has 0 saturated heterocycles. The predicted octanol–water partition coefficient (Wildman–Crippen LogP) is 0.885. The Labute approximate surface area is 162 Å². The molecule has 0 saturated carbocycles. The van der Waals surface area contributed by atoms with Crippen molar-refractivity contribution in [3.8, 4) is 0 Å². The quantitative estimate of drug-likeness (QED) is 0.252. The van der Waals surface area contributed by atoms with Crippen LogP contribution >= 0.6 is 0 Å². The second-order valence-corrected chi connectivity index (χ2v) is 5.83. The van der Waals surface area contributed by atoms with Crippen molar-refractivity contribution in [2.75, 3.05) is 6.61 Å². The topological polar surface area (TPSA) is 30.2 Å². The lowest BCUT2D eigenvalue weighted by Crippen LogP contribution is -3.00. The number of carbonyl (C=O) groups excluding carboxylic acids is 1. The van der Waals surface area contributed by atoms with Gasteiger partial charge in [-0.2, -0.15) is 0 Å². The minimum Gasteiger partial charge on any atom is -1.00 e. The lowest BCUT2D eigenvalue weighted by Gasteiger charge is -2.11. The predicted molar refractivity (Wildman–Crippen MR) is 90.9 cm³/mol. The van der Waals surface area contributed by atoms with E-state index in [9.17, 15) is 4.79 Å². The summed E-state index contributed by atoms with van der Waals surface area (Å²) in [6, 6.07) is 15.9. The number of ether oxygens (including phenoxy) is 1. The summed E-state index contributed by atoms with van der Waals surface area (Å²) < 4.78 is 7.57. The Bertz CT molecular complexity index is 575. The number of pyridine rings is 1. The van der Waals surface area contributed by atoms with E-state index >= 15 is 0 Å². The van der Waals surface area contributed by atoms with E-state index in [1.807, 2.05) is 55.5 Å². The van der Waals surface area contributed by atoms with Gasteiger partial charge in [0.2, 0.25) is 0 Å². The van der Waals surface area contributed by atoms with Crippen LogP contribution < -0.4 is 28.5 Å². The molecule has 3 nitrogen and oxygen atoms in total. The molecule has 0 aliphatic heterocycles. The van der Waals surface area contributed by atoms with Crippen LogP contribution in [0.5, 0.6) is 0 Å². The third-order valence-corrected chi connectivity index (χ3v) is 3.99. The SMILES string of the molecule is C[C@@H](C(=O)OCCCCCC[n+]1ccccc1)c1ccccc1.[I-]. The van der Waals surface area contributed by atoms with Gasteiger partial charge in [-0.3, -0.25) is 4.79 Å².